The van der Waals surface area contributed by atoms with Crippen molar-refractivity contribution in [3.63, 3.8) is 0 Å². The molecule has 1 aromatic heterocycles. The minimum absolute atomic E-state index is 0.0690. The van der Waals surface area contributed by atoms with Crippen LogP contribution in [0.4, 0.5) is 23.1 Å². The number of carbonyl (C=O) groups is 2. The first-order valence-corrected chi connectivity index (χ1v) is 13.6. The lowest BCUT2D eigenvalue weighted by Gasteiger charge is -2.30. The van der Waals surface area contributed by atoms with Crippen molar-refractivity contribution in [2.75, 3.05) is 75.1 Å². The first-order valence-electron chi connectivity index (χ1n) is 13.6. The Morgan fingerprint density at radius 3 is 2.74 bits per heavy atom. The summed E-state index contributed by atoms with van der Waals surface area (Å²) >= 11 is 0. The Bertz CT molecular complexity index is 1150. The number of piperazine rings is 1. The van der Waals surface area contributed by atoms with E-state index in [1.165, 1.54) is 12.8 Å². The second-order valence-corrected chi connectivity index (χ2v) is 10.1. The maximum absolute atomic E-state index is 12.8. The fourth-order valence-corrected chi connectivity index (χ4v) is 5.49. The molecule has 2 aromatic rings. The average molecular weight is 523 g/mol. The molecule has 0 unspecified atom stereocenters. The van der Waals surface area contributed by atoms with Crippen molar-refractivity contribution >= 4 is 35.0 Å². The molecule has 2 aliphatic heterocycles. The molecule has 3 aliphatic rings. The molecule has 11 nitrogen and oxygen atoms in total. The summed E-state index contributed by atoms with van der Waals surface area (Å²) in [4.78, 5) is 41.0. The van der Waals surface area contributed by atoms with Gasteiger partial charge in [0.2, 0.25) is 11.9 Å². The van der Waals surface area contributed by atoms with Crippen molar-refractivity contribution in [3.05, 3.63) is 30.0 Å². The van der Waals surface area contributed by atoms with Crippen molar-refractivity contribution < 1.29 is 14.3 Å². The molecule has 204 valence electrons. The molecular formula is C27H38N8O3. The van der Waals surface area contributed by atoms with Gasteiger partial charge in [0.15, 0.2) is 5.82 Å². The fraction of sp³-hybridized carbons (Fsp3) is 0.556. The predicted octanol–water partition coefficient (Wildman–Crippen LogP) is 1.98. The molecule has 3 N–H and O–H groups in total. The maximum Gasteiger partial charge on any atom is 0.251 e. The number of nitrogens with zero attached hydrogens (tertiary/aromatic N) is 5. The van der Waals surface area contributed by atoms with Crippen molar-refractivity contribution in [2.24, 2.45) is 0 Å². The number of nitrogens with one attached hydrogen (secondary N) is 3. The van der Waals surface area contributed by atoms with Crippen LogP contribution in [0.3, 0.4) is 0 Å². The number of hydrogen-bond acceptors (Lipinski definition) is 9. The van der Waals surface area contributed by atoms with Crippen molar-refractivity contribution in [1.29, 1.82) is 0 Å². The van der Waals surface area contributed by atoms with Gasteiger partial charge in [-0.15, -0.1) is 0 Å². The molecule has 11 heteroatoms. The van der Waals surface area contributed by atoms with E-state index in [0.717, 1.165) is 57.1 Å². The van der Waals surface area contributed by atoms with Gasteiger partial charge < -0.3 is 30.5 Å². The molecule has 2 amide bonds. The van der Waals surface area contributed by atoms with E-state index < -0.39 is 0 Å². The Labute approximate surface area is 223 Å². The van der Waals surface area contributed by atoms with Gasteiger partial charge in [-0.25, -0.2) is 4.98 Å². The fourth-order valence-electron chi connectivity index (χ4n) is 5.49. The van der Waals surface area contributed by atoms with Crippen molar-refractivity contribution in [1.82, 2.24) is 25.5 Å². The highest BCUT2D eigenvalue weighted by Crippen LogP contribution is 2.37. The smallest absolute Gasteiger partial charge is 0.251 e. The highest BCUT2D eigenvalue weighted by molar-refractivity contribution is 5.97. The van der Waals surface area contributed by atoms with Gasteiger partial charge in [0.05, 0.1) is 19.0 Å². The Balaban J connectivity index is 1.30. The number of anilines is 4. The summed E-state index contributed by atoms with van der Waals surface area (Å²) < 4.78 is 5.60. The van der Waals surface area contributed by atoms with Crippen LogP contribution in [-0.2, 0) is 4.79 Å². The zero-order valence-corrected chi connectivity index (χ0v) is 22.3. The number of methoxy groups -OCH3 is 1. The number of benzene rings is 1. The largest absolute Gasteiger partial charge is 0.495 e. The molecule has 2 fully saturated rings. The van der Waals surface area contributed by atoms with E-state index in [1.807, 2.05) is 6.07 Å². The third kappa shape index (κ3) is 5.83. The lowest BCUT2D eigenvalue weighted by Crippen LogP contribution is -2.46. The van der Waals surface area contributed by atoms with Crippen LogP contribution in [-0.4, -0.2) is 92.7 Å². The molecule has 0 bridgehead atoms. The predicted molar refractivity (Wildman–Crippen MR) is 148 cm³/mol. The topological polar surface area (TPSA) is 115 Å². The van der Waals surface area contributed by atoms with E-state index in [2.05, 4.69) is 30.7 Å². The number of fused-ring (bicyclic) bond motifs is 1. The maximum atomic E-state index is 12.8. The normalized spacial score (nSPS) is 18.7. The van der Waals surface area contributed by atoms with E-state index in [-0.39, 0.29) is 11.8 Å². The quantitative estimate of drug-likeness (QED) is 0.479. The van der Waals surface area contributed by atoms with Crippen molar-refractivity contribution in [2.45, 2.75) is 38.1 Å². The molecule has 1 saturated carbocycles. The molecule has 0 radical (unpaired) electrons. The molecule has 0 atom stereocenters. The Morgan fingerprint density at radius 1 is 1.18 bits per heavy atom. The van der Waals surface area contributed by atoms with Crippen LogP contribution >= 0.6 is 0 Å². The van der Waals surface area contributed by atoms with E-state index in [9.17, 15) is 9.59 Å². The summed E-state index contributed by atoms with van der Waals surface area (Å²) in [5, 5.41) is 9.60. The van der Waals surface area contributed by atoms with Crippen LogP contribution in [0.15, 0.2) is 24.4 Å². The number of aromatic nitrogens is 2. The summed E-state index contributed by atoms with van der Waals surface area (Å²) in [6.45, 7) is 6.05. The molecule has 1 aliphatic carbocycles. The first kappa shape index (κ1) is 26.2. The van der Waals surface area contributed by atoms with Crippen molar-refractivity contribution in [3.8, 4) is 5.75 Å². The second kappa shape index (κ2) is 12.0. The van der Waals surface area contributed by atoms with Crippen LogP contribution in [0.25, 0.3) is 0 Å². The first-order chi connectivity index (χ1) is 18.5. The Hall–Kier alpha value is -3.44. The molecular weight excluding hydrogens is 484 g/mol. The zero-order chi connectivity index (χ0) is 26.5. The Kier molecular flexibility index (Phi) is 8.23. The van der Waals surface area contributed by atoms with E-state index in [0.29, 0.717) is 48.5 Å². The van der Waals surface area contributed by atoms with Gasteiger partial charge in [-0.1, -0.05) is 12.8 Å². The number of hydrogen-bond donors (Lipinski definition) is 3. The van der Waals surface area contributed by atoms with Gasteiger partial charge in [0, 0.05) is 70.9 Å². The molecule has 1 aromatic carbocycles. The van der Waals surface area contributed by atoms with Crippen LogP contribution in [0.1, 0.15) is 42.5 Å². The summed E-state index contributed by atoms with van der Waals surface area (Å²) in [5.74, 6) is 1.66. The van der Waals surface area contributed by atoms with Crippen LogP contribution in [0.5, 0.6) is 5.75 Å². The van der Waals surface area contributed by atoms with Crippen LogP contribution in [0.2, 0.25) is 0 Å². The van der Waals surface area contributed by atoms with E-state index in [4.69, 9.17) is 9.72 Å². The summed E-state index contributed by atoms with van der Waals surface area (Å²) in [6, 6.07) is 5.69. The monoisotopic (exact) mass is 522 g/mol. The highest BCUT2D eigenvalue weighted by Gasteiger charge is 2.31. The SMILES string of the molecule is COc1cc(C(=O)NCCN2CCNCC2)ccc1Nc1ncc2c(n1)N(C1CCCC1)CCC(=O)N2C. The molecule has 3 heterocycles. The Morgan fingerprint density at radius 2 is 1.97 bits per heavy atom. The zero-order valence-electron chi connectivity index (χ0n) is 22.3. The number of amides is 2. The van der Waals surface area contributed by atoms with Crippen LogP contribution in [0, 0.1) is 0 Å². The molecule has 38 heavy (non-hydrogen) atoms. The average Bonchev–Trinajstić information content (AvgIpc) is 3.44. The van der Waals surface area contributed by atoms with Gasteiger partial charge in [0.1, 0.15) is 11.4 Å². The minimum Gasteiger partial charge on any atom is -0.495 e. The van der Waals surface area contributed by atoms with Gasteiger partial charge in [0.25, 0.3) is 5.91 Å². The van der Waals surface area contributed by atoms with E-state index >= 15 is 0 Å². The standard InChI is InChI=1S/C27H38N8O3/c1-33-22-18-30-27(32-25(22)35(13-9-24(33)36)20-5-3-4-6-20)31-21-8-7-19(17-23(21)38-2)26(37)29-12-16-34-14-10-28-11-15-34/h7-8,17-18,20,28H,3-6,9-16H2,1-2H3,(H,29,37)(H,30,31,32). The summed E-state index contributed by atoms with van der Waals surface area (Å²) in [7, 11) is 3.36. The number of carbonyl (C=O) groups excluding carboxylic acids is 2. The molecule has 1 saturated heterocycles. The highest BCUT2D eigenvalue weighted by atomic mass is 16.5. The van der Waals surface area contributed by atoms with Crippen LogP contribution < -0.4 is 30.5 Å². The summed E-state index contributed by atoms with van der Waals surface area (Å²) in [5.41, 5.74) is 1.92. The number of rotatable bonds is 8. The lowest BCUT2D eigenvalue weighted by molar-refractivity contribution is -0.118. The lowest BCUT2D eigenvalue weighted by atomic mass is 10.1. The third-order valence-electron chi connectivity index (χ3n) is 7.72. The third-order valence-corrected chi connectivity index (χ3v) is 7.72. The summed E-state index contributed by atoms with van der Waals surface area (Å²) in [6.07, 6.45) is 6.78. The minimum atomic E-state index is -0.133. The van der Waals surface area contributed by atoms with Gasteiger partial charge in [-0.2, -0.15) is 4.98 Å². The molecule has 0 spiro atoms. The van der Waals surface area contributed by atoms with Gasteiger partial charge in [-0.3, -0.25) is 14.5 Å². The van der Waals surface area contributed by atoms with Gasteiger partial charge in [-0.05, 0) is 31.0 Å². The second-order valence-electron chi connectivity index (χ2n) is 10.1. The van der Waals surface area contributed by atoms with Gasteiger partial charge >= 0.3 is 0 Å². The molecule has 5 rings (SSSR count). The van der Waals surface area contributed by atoms with E-state index in [1.54, 1.807) is 37.4 Å². The number of ether oxygens (including phenoxy) is 1.